The van der Waals surface area contributed by atoms with Gasteiger partial charge in [0.2, 0.25) is 0 Å². The molecule has 2 aromatic rings. The molecular formula is C18H20BrF2IN4O. The van der Waals surface area contributed by atoms with Gasteiger partial charge < -0.3 is 9.64 Å². The molecule has 0 N–H and O–H groups in total. The van der Waals surface area contributed by atoms with E-state index in [4.69, 9.17) is 4.74 Å². The van der Waals surface area contributed by atoms with Crippen LogP contribution in [0.2, 0.25) is 0 Å². The molecule has 0 radical (unpaired) electrons. The highest BCUT2D eigenvalue weighted by molar-refractivity contribution is 14.1. The van der Waals surface area contributed by atoms with E-state index in [9.17, 15) is 8.78 Å². The lowest BCUT2D eigenvalue weighted by Gasteiger charge is -2.31. The first-order valence-electron chi connectivity index (χ1n) is 8.85. The highest BCUT2D eigenvalue weighted by atomic mass is 127. The van der Waals surface area contributed by atoms with E-state index in [0.29, 0.717) is 30.8 Å². The summed E-state index contributed by atoms with van der Waals surface area (Å²) in [4.78, 5) is 12.8. The molecule has 5 nitrogen and oxygen atoms in total. The van der Waals surface area contributed by atoms with Crippen molar-refractivity contribution in [3.8, 4) is 6.01 Å². The Morgan fingerprint density at radius 2 is 2.22 bits per heavy atom. The molecule has 2 aliphatic rings. The summed E-state index contributed by atoms with van der Waals surface area (Å²) < 4.78 is 36.0. The normalized spacial score (nSPS) is 25.2. The molecule has 2 aliphatic heterocycles. The zero-order valence-electron chi connectivity index (χ0n) is 15.1. The van der Waals surface area contributed by atoms with E-state index in [-0.39, 0.29) is 17.1 Å². The number of fused-ring (bicyclic) bond motifs is 2. The van der Waals surface area contributed by atoms with Crippen LogP contribution in [-0.4, -0.2) is 60.4 Å². The summed E-state index contributed by atoms with van der Waals surface area (Å²) >= 11 is 5.60. The summed E-state index contributed by atoms with van der Waals surface area (Å²) in [6.07, 6.45) is 1.59. The van der Waals surface area contributed by atoms with E-state index in [2.05, 4.69) is 53.4 Å². The first kappa shape index (κ1) is 19.5. The maximum Gasteiger partial charge on any atom is 0.319 e. The largest absolute Gasteiger partial charge is 0.461 e. The number of hydrogen-bond donors (Lipinski definition) is 0. The summed E-state index contributed by atoms with van der Waals surface area (Å²) in [6.45, 7) is 1.68. The van der Waals surface area contributed by atoms with Crippen LogP contribution < -0.4 is 9.64 Å². The van der Waals surface area contributed by atoms with Gasteiger partial charge in [0.25, 0.3) is 0 Å². The molecule has 4 rings (SSSR count). The third-order valence-corrected chi connectivity index (χ3v) is 7.85. The summed E-state index contributed by atoms with van der Waals surface area (Å²) in [7, 11) is 3.69. The highest BCUT2D eigenvalue weighted by Gasteiger charge is 2.49. The average Bonchev–Trinajstić information content (AvgIpc) is 3.13. The fraction of sp³-hybridized carbons (Fsp3) is 0.556. The van der Waals surface area contributed by atoms with E-state index in [1.54, 1.807) is 0 Å². The van der Waals surface area contributed by atoms with Gasteiger partial charge in [-0.05, 0) is 64.0 Å². The lowest BCUT2D eigenvalue weighted by molar-refractivity contribution is 0.107. The van der Waals surface area contributed by atoms with Crippen molar-refractivity contribution in [1.29, 1.82) is 0 Å². The molecule has 2 saturated heterocycles. The number of hydrogen-bond acceptors (Lipinski definition) is 5. The van der Waals surface area contributed by atoms with E-state index in [0.717, 1.165) is 27.4 Å². The van der Waals surface area contributed by atoms with Gasteiger partial charge in [0.15, 0.2) is 5.82 Å². The predicted molar refractivity (Wildman–Crippen MR) is 113 cm³/mol. The number of ether oxygens (including phenoxy) is 1. The topological polar surface area (TPSA) is 41.5 Å². The van der Waals surface area contributed by atoms with Crippen LogP contribution in [0.15, 0.2) is 10.5 Å². The number of anilines is 1. The molecule has 0 spiro atoms. The smallest absolute Gasteiger partial charge is 0.319 e. The number of nitrogens with zero attached hydrogens (tertiary/aromatic N) is 4. The number of alkyl halides is 1. The maximum absolute atomic E-state index is 14.6. The first-order valence-corrected chi connectivity index (χ1v) is 10.7. The molecule has 0 aliphatic carbocycles. The minimum absolute atomic E-state index is 0.127. The van der Waals surface area contributed by atoms with Crippen LogP contribution in [0.4, 0.5) is 14.6 Å². The van der Waals surface area contributed by atoms with Gasteiger partial charge in [-0.25, -0.2) is 8.78 Å². The maximum atomic E-state index is 14.6. The van der Waals surface area contributed by atoms with Gasteiger partial charge in [0, 0.05) is 35.1 Å². The predicted octanol–water partition coefficient (Wildman–Crippen LogP) is 4.16. The second-order valence-corrected chi connectivity index (χ2v) is 9.42. The Labute approximate surface area is 178 Å². The molecule has 0 bridgehead atoms. The third-order valence-electron chi connectivity index (χ3n) is 5.43. The molecule has 0 unspecified atom stereocenters. The Kier molecular flexibility index (Phi) is 5.21. The van der Waals surface area contributed by atoms with Gasteiger partial charge >= 0.3 is 6.01 Å². The Bertz CT molecular complexity index is 900. The molecular weight excluding hydrogens is 533 g/mol. The van der Waals surface area contributed by atoms with Gasteiger partial charge in [-0.15, -0.1) is 0 Å². The van der Waals surface area contributed by atoms with Crippen LogP contribution in [0.1, 0.15) is 19.3 Å². The molecule has 27 heavy (non-hydrogen) atoms. The number of halogens is 4. The van der Waals surface area contributed by atoms with Crippen LogP contribution in [-0.2, 0) is 0 Å². The van der Waals surface area contributed by atoms with E-state index < -0.39 is 12.0 Å². The number of benzene rings is 1. The molecule has 0 amide bonds. The molecule has 0 saturated carbocycles. The van der Waals surface area contributed by atoms with Crippen LogP contribution in [0, 0.1) is 9.39 Å². The number of aromatic nitrogens is 2. The molecule has 9 heteroatoms. The Morgan fingerprint density at radius 1 is 1.44 bits per heavy atom. The van der Waals surface area contributed by atoms with Gasteiger partial charge in [0.1, 0.15) is 24.1 Å². The highest BCUT2D eigenvalue weighted by Crippen LogP contribution is 2.41. The average molecular weight is 553 g/mol. The van der Waals surface area contributed by atoms with Crippen molar-refractivity contribution < 1.29 is 13.5 Å². The van der Waals surface area contributed by atoms with Gasteiger partial charge in [-0.1, -0.05) is 0 Å². The van der Waals surface area contributed by atoms with Crippen LogP contribution in [0.5, 0.6) is 6.01 Å². The summed E-state index contributed by atoms with van der Waals surface area (Å²) in [5.41, 5.74) is -0.0761. The summed E-state index contributed by atoms with van der Waals surface area (Å²) in [5, 5.41) is 0.613. The van der Waals surface area contributed by atoms with Gasteiger partial charge in [0.05, 0.1) is 10.9 Å². The Morgan fingerprint density at radius 3 is 2.96 bits per heavy atom. The van der Waals surface area contributed by atoms with Crippen molar-refractivity contribution in [1.82, 2.24) is 14.9 Å². The zero-order valence-corrected chi connectivity index (χ0v) is 18.8. The quantitative estimate of drug-likeness (QED) is 0.421. The van der Waals surface area contributed by atoms with E-state index in [1.165, 1.54) is 6.07 Å². The first-order chi connectivity index (χ1) is 12.8. The van der Waals surface area contributed by atoms with Crippen LogP contribution in [0.3, 0.4) is 0 Å². The lowest BCUT2D eigenvalue weighted by atomic mass is 9.95. The zero-order chi connectivity index (χ0) is 19.3. The summed E-state index contributed by atoms with van der Waals surface area (Å²) in [5.74, 6) is 0.160. The fourth-order valence-corrected chi connectivity index (χ4v) is 5.22. The molecule has 2 fully saturated rings. The standard InChI is InChI=1S/C18H20BrF2IN4O/c1-25(2)16-13-14(19)12(22)6-11(21)15(13)23-17(24-16)27-9-18-4-3-5-26(18)8-10(20)7-18/h6,10H,3-5,7-9H2,1-2H3/t10-,18+/m1/s1. The molecule has 1 aromatic carbocycles. The minimum atomic E-state index is -0.820. The molecule has 146 valence electrons. The summed E-state index contributed by atoms with van der Waals surface area (Å²) in [6, 6.07) is 1.56. The molecule has 3 heterocycles. The Hall–Kier alpha value is -0.810. The van der Waals surface area contributed by atoms with Crippen molar-refractivity contribution in [3.63, 3.8) is 0 Å². The van der Waals surface area contributed by atoms with Crippen molar-refractivity contribution in [2.45, 2.75) is 31.0 Å². The van der Waals surface area contributed by atoms with Crippen LogP contribution in [0.25, 0.3) is 10.9 Å². The van der Waals surface area contributed by atoms with Crippen LogP contribution >= 0.6 is 38.5 Å². The monoisotopic (exact) mass is 552 g/mol. The lowest BCUT2D eigenvalue weighted by Crippen LogP contribution is -2.43. The molecule has 1 aromatic heterocycles. The van der Waals surface area contributed by atoms with Gasteiger partial charge in [-0.3, -0.25) is 4.90 Å². The SMILES string of the molecule is CN(C)c1nc(OC[C@@]23CCCN2C[C@H](F)C3)nc2c(F)cc(I)c(Br)c12. The number of rotatable bonds is 4. The van der Waals surface area contributed by atoms with E-state index >= 15 is 0 Å². The fourth-order valence-electron chi connectivity index (χ4n) is 4.20. The van der Waals surface area contributed by atoms with Crippen molar-refractivity contribution in [3.05, 3.63) is 19.9 Å². The van der Waals surface area contributed by atoms with E-state index in [1.807, 2.05) is 19.0 Å². The third kappa shape index (κ3) is 3.39. The van der Waals surface area contributed by atoms with Crippen molar-refractivity contribution in [2.75, 3.05) is 38.7 Å². The van der Waals surface area contributed by atoms with Crippen molar-refractivity contribution in [2.24, 2.45) is 0 Å². The Balaban J connectivity index is 1.71. The second-order valence-electron chi connectivity index (χ2n) is 7.47. The molecule has 2 atom stereocenters. The van der Waals surface area contributed by atoms with Gasteiger partial charge in [-0.2, -0.15) is 9.97 Å². The minimum Gasteiger partial charge on any atom is -0.461 e. The van der Waals surface area contributed by atoms with Crippen molar-refractivity contribution >= 4 is 55.2 Å². The second kappa shape index (κ2) is 7.22.